The molecule has 0 aliphatic heterocycles. The van der Waals surface area contributed by atoms with Crippen molar-refractivity contribution in [1.82, 2.24) is 4.98 Å². The molecule has 2 aromatic rings. The van der Waals surface area contributed by atoms with Crippen LogP contribution in [0.2, 0.25) is 0 Å². The maximum atomic E-state index is 10.2. The lowest BCUT2D eigenvalue weighted by Gasteiger charge is -2.13. The highest BCUT2D eigenvalue weighted by atomic mass is 32.1. The van der Waals surface area contributed by atoms with Gasteiger partial charge in [-0.1, -0.05) is 18.2 Å². The van der Waals surface area contributed by atoms with Crippen molar-refractivity contribution in [3.05, 3.63) is 45.9 Å². The van der Waals surface area contributed by atoms with E-state index in [2.05, 4.69) is 4.98 Å². The van der Waals surface area contributed by atoms with Crippen LogP contribution in [0.25, 0.3) is 0 Å². The molecular formula is C13H15NO2S. The molecule has 1 aromatic heterocycles. The van der Waals surface area contributed by atoms with Gasteiger partial charge in [0.1, 0.15) is 5.75 Å². The molecule has 1 atom stereocenters. The fraction of sp³-hybridized carbons (Fsp3) is 0.308. The van der Waals surface area contributed by atoms with E-state index in [1.165, 1.54) is 0 Å². The molecule has 1 heterocycles. The van der Waals surface area contributed by atoms with Crippen molar-refractivity contribution >= 4 is 11.3 Å². The molecule has 0 saturated carbocycles. The quantitative estimate of drug-likeness (QED) is 0.906. The summed E-state index contributed by atoms with van der Waals surface area (Å²) in [6.07, 6.45) is -0.0458. The Morgan fingerprint density at radius 1 is 1.41 bits per heavy atom. The molecule has 0 bridgehead atoms. The normalized spacial score (nSPS) is 12.4. The summed E-state index contributed by atoms with van der Waals surface area (Å²) in [6, 6.07) is 7.52. The van der Waals surface area contributed by atoms with Crippen LogP contribution in [0, 0.1) is 6.92 Å². The lowest BCUT2D eigenvalue weighted by molar-refractivity contribution is 0.174. The standard InChI is InChI=1S/C13H15NO2S/c1-9-8-17-13(14-9)7-11(15)10-5-3-4-6-12(10)16-2/h3-6,8,11,15H,7H2,1-2H3. The highest BCUT2D eigenvalue weighted by molar-refractivity contribution is 7.09. The number of aliphatic hydroxyl groups is 1. The molecule has 0 amide bonds. The minimum atomic E-state index is -0.573. The minimum Gasteiger partial charge on any atom is -0.496 e. The Bertz CT molecular complexity index is 496. The van der Waals surface area contributed by atoms with E-state index in [0.29, 0.717) is 12.2 Å². The van der Waals surface area contributed by atoms with Gasteiger partial charge in [-0.2, -0.15) is 0 Å². The van der Waals surface area contributed by atoms with Gasteiger partial charge in [-0.05, 0) is 13.0 Å². The van der Waals surface area contributed by atoms with Gasteiger partial charge in [0.25, 0.3) is 0 Å². The fourth-order valence-corrected chi connectivity index (χ4v) is 2.52. The van der Waals surface area contributed by atoms with Gasteiger partial charge in [0.05, 0.1) is 18.2 Å². The zero-order valence-electron chi connectivity index (χ0n) is 9.88. The van der Waals surface area contributed by atoms with E-state index in [1.54, 1.807) is 18.4 Å². The molecule has 3 nitrogen and oxygen atoms in total. The SMILES string of the molecule is COc1ccccc1C(O)Cc1nc(C)cs1. The van der Waals surface area contributed by atoms with E-state index in [1.807, 2.05) is 36.6 Å². The number of aromatic nitrogens is 1. The molecule has 0 aliphatic carbocycles. The van der Waals surface area contributed by atoms with Gasteiger partial charge >= 0.3 is 0 Å². The summed E-state index contributed by atoms with van der Waals surface area (Å²) < 4.78 is 5.23. The third-order valence-corrected chi connectivity index (χ3v) is 3.52. The molecule has 1 unspecified atom stereocenters. The Morgan fingerprint density at radius 3 is 2.82 bits per heavy atom. The predicted octanol–water partition coefficient (Wildman–Crippen LogP) is 2.74. The lowest BCUT2D eigenvalue weighted by Crippen LogP contribution is -2.03. The van der Waals surface area contributed by atoms with Crippen molar-refractivity contribution in [3.8, 4) is 5.75 Å². The largest absolute Gasteiger partial charge is 0.496 e. The average molecular weight is 249 g/mol. The fourth-order valence-electron chi connectivity index (χ4n) is 1.71. The number of thiazole rings is 1. The van der Waals surface area contributed by atoms with Crippen LogP contribution in [-0.2, 0) is 6.42 Å². The number of aryl methyl sites for hydroxylation is 1. The average Bonchev–Trinajstić information content (AvgIpc) is 2.74. The van der Waals surface area contributed by atoms with Gasteiger partial charge in [0.15, 0.2) is 0 Å². The van der Waals surface area contributed by atoms with E-state index < -0.39 is 6.10 Å². The van der Waals surface area contributed by atoms with Gasteiger partial charge in [0.2, 0.25) is 0 Å². The zero-order chi connectivity index (χ0) is 12.3. The van der Waals surface area contributed by atoms with E-state index in [0.717, 1.165) is 16.3 Å². The zero-order valence-corrected chi connectivity index (χ0v) is 10.7. The summed E-state index contributed by atoms with van der Waals surface area (Å²) in [5.41, 5.74) is 1.81. The Morgan fingerprint density at radius 2 is 2.18 bits per heavy atom. The maximum absolute atomic E-state index is 10.2. The number of benzene rings is 1. The third-order valence-electron chi connectivity index (χ3n) is 2.53. The summed E-state index contributed by atoms with van der Waals surface area (Å²) >= 11 is 1.57. The second-order valence-corrected chi connectivity index (χ2v) is 4.79. The molecule has 1 aromatic carbocycles. The van der Waals surface area contributed by atoms with Gasteiger partial charge in [0, 0.05) is 23.1 Å². The molecule has 0 spiro atoms. The molecule has 4 heteroatoms. The van der Waals surface area contributed by atoms with Crippen LogP contribution < -0.4 is 4.74 Å². The van der Waals surface area contributed by atoms with Gasteiger partial charge in [-0.25, -0.2) is 4.98 Å². The highest BCUT2D eigenvalue weighted by Gasteiger charge is 2.14. The van der Waals surface area contributed by atoms with Gasteiger partial charge in [-0.3, -0.25) is 0 Å². The van der Waals surface area contributed by atoms with Crippen LogP contribution >= 0.6 is 11.3 Å². The number of aliphatic hydroxyl groups excluding tert-OH is 1. The Labute approximate surface area is 105 Å². The van der Waals surface area contributed by atoms with Crippen molar-refractivity contribution in [3.63, 3.8) is 0 Å². The van der Waals surface area contributed by atoms with E-state index in [9.17, 15) is 5.11 Å². The molecule has 0 radical (unpaired) electrons. The summed E-state index contributed by atoms with van der Waals surface area (Å²) in [5.74, 6) is 0.716. The number of rotatable bonds is 4. The number of methoxy groups -OCH3 is 1. The molecular weight excluding hydrogens is 234 g/mol. The number of ether oxygens (including phenoxy) is 1. The van der Waals surface area contributed by atoms with Crippen LogP contribution in [0.1, 0.15) is 22.4 Å². The lowest BCUT2D eigenvalue weighted by atomic mass is 10.1. The maximum Gasteiger partial charge on any atom is 0.124 e. The summed E-state index contributed by atoms with van der Waals surface area (Å²) in [6.45, 7) is 1.95. The second kappa shape index (κ2) is 5.29. The van der Waals surface area contributed by atoms with Crippen molar-refractivity contribution < 1.29 is 9.84 Å². The first-order valence-electron chi connectivity index (χ1n) is 5.42. The predicted molar refractivity (Wildman–Crippen MR) is 68.5 cm³/mol. The van der Waals surface area contributed by atoms with E-state index >= 15 is 0 Å². The summed E-state index contributed by atoms with van der Waals surface area (Å²) in [7, 11) is 1.61. The van der Waals surface area contributed by atoms with Crippen LogP contribution in [0.15, 0.2) is 29.6 Å². The highest BCUT2D eigenvalue weighted by Crippen LogP contribution is 2.27. The molecule has 90 valence electrons. The second-order valence-electron chi connectivity index (χ2n) is 3.84. The van der Waals surface area contributed by atoms with Crippen LogP contribution in [0.3, 0.4) is 0 Å². The number of hydrogen-bond donors (Lipinski definition) is 1. The third kappa shape index (κ3) is 2.84. The van der Waals surface area contributed by atoms with E-state index in [4.69, 9.17) is 4.74 Å². The van der Waals surface area contributed by atoms with Crippen LogP contribution in [0.5, 0.6) is 5.75 Å². The Balaban J connectivity index is 2.16. The van der Waals surface area contributed by atoms with Gasteiger partial charge < -0.3 is 9.84 Å². The van der Waals surface area contributed by atoms with Crippen molar-refractivity contribution in [2.24, 2.45) is 0 Å². The van der Waals surface area contributed by atoms with Gasteiger partial charge in [-0.15, -0.1) is 11.3 Å². The molecule has 1 N–H and O–H groups in total. The first-order valence-corrected chi connectivity index (χ1v) is 6.30. The molecule has 0 saturated heterocycles. The first kappa shape index (κ1) is 12.1. The summed E-state index contributed by atoms with van der Waals surface area (Å²) in [5, 5.41) is 13.1. The first-order chi connectivity index (χ1) is 8.20. The van der Waals surface area contributed by atoms with Crippen LogP contribution in [-0.4, -0.2) is 17.2 Å². The molecule has 0 fully saturated rings. The van der Waals surface area contributed by atoms with Crippen molar-refractivity contribution in [1.29, 1.82) is 0 Å². The van der Waals surface area contributed by atoms with Crippen LogP contribution in [0.4, 0.5) is 0 Å². The van der Waals surface area contributed by atoms with Crippen molar-refractivity contribution in [2.75, 3.05) is 7.11 Å². The molecule has 17 heavy (non-hydrogen) atoms. The molecule has 0 aliphatic rings. The van der Waals surface area contributed by atoms with E-state index in [-0.39, 0.29) is 0 Å². The molecule has 2 rings (SSSR count). The Kier molecular flexibility index (Phi) is 3.76. The smallest absolute Gasteiger partial charge is 0.124 e. The summed E-state index contributed by atoms with van der Waals surface area (Å²) in [4.78, 5) is 4.35. The monoisotopic (exact) mass is 249 g/mol. The number of nitrogens with zero attached hydrogens (tertiary/aromatic N) is 1. The number of hydrogen-bond acceptors (Lipinski definition) is 4. The van der Waals surface area contributed by atoms with Crippen molar-refractivity contribution in [2.45, 2.75) is 19.4 Å². The topological polar surface area (TPSA) is 42.4 Å². The number of para-hydroxylation sites is 1. The Hall–Kier alpha value is -1.39. The minimum absolute atomic E-state index is 0.527.